The Balaban J connectivity index is 2.18. The van der Waals surface area contributed by atoms with Crippen LogP contribution in [0.4, 0.5) is 13.2 Å². The van der Waals surface area contributed by atoms with Crippen LogP contribution in [0.1, 0.15) is 23.7 Å². The third-order valence-electron chi connectivity index (χ3n) is 3.98. The number of carbonyl (C=O) groups is 2. The van der Waals surface area contributed by atoms with Crippen LogP contribution in [0, 0.1) is 6.92 Å². The van der Waals surface area contributed by atoms with E-state index < -0.39 is 31.1 Å². The second-order valence-corrected chi connectivity index (χ2v) is 6.74. The molecule has 0 fully saturated rings. The average Bonchev–Trinajstić information content (AvgIpc) is 2.92. The summed E-state index contributed by atoms with van der Waals surface area (Å²) in [6.07, 6.45) is -2.43. The van der Waals surface area contributed by atoms with Crippen LogP contribution in [0.3, 0.4) is 0 Å². The van der Waals surface area contributed by atoms with Gasteiger partial charge in [-0.25, -0.2) is 4.68 Å². The Labute approximate surface area is 176 Å². The molecule has 0 bridgehead atoms. The van der Waals surface area contributed by atoms with E-state index in [4.69, 9.17) is 11.6 Å². The van der Waals surface area contributed by atoms with Crippen molar-refractivity contribution in [2.24, 2.45) is 0 Å². The monoisotopic (exact) mass is 443 g/mol. The van der Waals surface area contributed by atoms with Gasteiger partial charge in [-0.2, -0.15) is 18.3 Å². The van der Waals surface area contributed by atoms with E-state index in [2.05, 4.69) is 9.84 Å². The normalized spacial score (nSPS) is 11.7. The molecule has 2 aromatic rings. The lowest BCUT2D eigenvalue weighted by molar-refractivity contribution is -0.164. The Morgan fingerprint density at radius 3 is 2.53 bits per heavy atom. The van der Waals surface area contributed by atoms with Gasteiger partial charge in [0.05, 0.1) is 18.8 Å². The first-order valence-corrected chi connectivity index (χ1v) is 9.44. The molecule has 2 rings (SSSR count). The summed E-state index contributed by atoms with van der Waals surface area (Å²) in [6.45, 7) is 1.20. The summed E-state index contributed by atoms with van der Waals surface area (Å²) in [7, 11) is 0. The molecule has 0 aliphatic carbocycles. The predicted molar refractivity (Wildman–Crippen MR) is 106 cm³/mol. The third kappa shape index (κ3) is 6.91. The molecule has 0 atom stereocenters. The molecule has 1 heterocycles. The molecule has 0 N–H and O–H groups in total. The molecule has 0 radical (unpaired) electrons. The first-order valence-electron chi connectivity index (χ1n) is 9.07. The fraction of sp³-hybridized carbons (Fsp3) is 0.350. The van der Waals surface area contributed by atoms with Gasteiger partial charge in [-0.15, -0.1) is 0 Å². The van der Waals surface area contributed by atoms with Crippen molar-refractivity contribution < 1.29 is 27.5 Å². The molecule has 0 spiro atoms. The molecule has 6 nitrogen and oxygen atoms in total. The van der Waals surface area contributed by atoms with Gasteiger partial charge < -0.3 is 9.64 Å². The maximum atomic E-state index is 12.8. The topological polar surface area (TPSA) is 64.4 Å². The minimum absolute atomic E-state index is 0.00186. The zero-order valence-corrected chi connectivity index (χ0v) is 17.2. The van der Waals surface area contributed by atoms with E-state index in [1.165, 1.54) is 17.7 Å². The van der Waals surface area contributed by atoms with Crippen LogP contribution < -0.4 is 0 Å². The summed E-state index contributed by atoms with van der Waals surface area (Å²) < 4.78 is 44.6. The number of carbonyl (C=O) groups excluding carboxylic acids is 2. The maximum Gasteiger partial charge on any atom is 0.406 e. The van der Waals surface area contributed by atoms with Crippen molar-refractivity contribution in [3.63, 3.8) is 0 Å². The summed E-state index contributed by atoms with van der Waals surface area (Å²) >= 11 is 6.34. The lowest BCUT2D eigenvalue weighted by atomic mass is 10.2. The highest BCUT2D eigenvalue weighted by Gasteiger charge is 2.33. The van der Waals surface area contributed by atoms with Crippen molar-refractivity contribution in [1.82, 2.24) is 14.7 Å². The van der Waals surface area contributed by atoms with Gasteiger partial charge in [0.2, 0.25) is 5.91 Å². The lowest BCUT2D eigenvalue weighted by Crippen LogP contribution is -2.41. The number of ether oxygens (including phenoxy) is 1. The van der Waals surface area contributed by atoms with Crippen molar-refractivity contribution in [3.05, 3.63) is 58.4 Å². The molecule has 1 aromatic carbocycles. The number of aromatic nitrogens is 2. The molecule has 0 aliphatic rings. The summed E-state index contributed by atoms with van der Waals surface area (Å²) in [5.74, 6) is -1.92. The molecule has 0 saturated heterocycles. The number of benzene rings is 1. The first kappa shape index (κ1) is 23.5. The van der Waals surface area contributed by atoms with Crippen LogP contribution in [0.15, 0.2) is 36.4 Å². The molecule has 0 unspecified atom stereocenters. The molecular formula is C20H21ClF3N3O3. The molecule has 1 aromatic heterocycles. The Morgan fingerprint density at radius 2 is 1.93 bits per heavy atom. The van der Waals surface area contributed by atoms with Crippen LogP contribution in [0.5, 0.6) is 0 Å². The molecular weight excluding hydrogens is 423 g/mol. The van der Waals surface area contributed by atoms with Gasteiger partial charge in [0.1, 0.15) is 18.2 Å². The Hall–Kier alpha value is -2.81. The standard InChI is InChI=1S/C20H21ClF3N3O3/c1-3-30-18(29)12-26(13-20(22,23)24)17(28)10-9-16-14(2)25-27(19(16)21)11-15-7-5-4-6-8-15/h4-10H,3,11-13H2,1-2H3/b10-9+. The number of halogens is 4. The van der Waals surface area contributed by atoms with Gasteiger partial charge in [-0.1, -0.05) is 41.9 Å². The van der Waals surface area contributed by atoms with E-state index in [9.17, 15) is 22.8 Å². The highest BCUT2D eigenvalue weighted by atomic mass is 35.5. The Morgan fingerprint density at radius 1 is 1.27 bits per heavy atom. The second-order valence-electron chi connectivity index (χ2n) is 6.38. The van der Waals surface area contributed by atoms with E-state index >= 15 is 0 Å². The van der Waals surface area contributed by atoms with Crippen LogP contribution in [-0.4, -0.2) is 52.4 Å². The summed E-state index contributed by atoms with van der Waals surface area (Å²) in [6, 6.07) is 9.42. The number of hydrogen-bond acceptors (Lipinski definition) is 4. The minimum atomic E-state index is -4.66. The van der Waals surface area contributed by atoms with E-state index in [1.807, 2.05) is 30.3 Å². The SMILES string of the molecule is CCOC(=O)CN(CC(F)(F)F)C(=O)/C=C/c1c(C)nn(Cc2ccccc2)c1Cl. The van der Waals surface area contributed by atoms with Gasteiger partial charge in [0, 0.05) is 11.6 Å². The summed E-state index contributed by atoms with van der Waals surface area (Å²) in [4.78, 5) is 24.2. The van der Waals surface area contributed by atoms with E-state index in [0.29, 0.717) is 22.7 Å². The largest absolute Gasteiger partial charge is 0.465 e. The van der Waals surface area contributed by atoms with Crippen molar-refractivity contribution in [2.45, 2.75) is 26.6 Å². The third-order valence-corrected chi connectivity index (χ3v) is 4.38. The number of rotatable bonds is 8. The van der Waals surface area contributed by atoms with Gasteiger partial charge in [-0.05, 0) is 25.5 Å². The van der Waals surface area contributed by atoms with Crippen LogP contribution in [-0.2, 0) is 20.9 Å². The van der Waals surface area contributed by atoms with Gasteiger partial charge >= 0.3 is 12.1 Å². The first-order chi connectivity index (χ1) is 14.1. The van der Waals surface area contributed by atoms with Crippen molar-refractivity contribution in [3.8, 4) is 0 Å². The zero-order valence-electron chi connectivity index (χ0n) is 16.4. The molecule has 10 heteroatoms. The highest BCUT2D eigenvalue weighted by Crippen LogP contribution is 2.23. The number of hydrogen-bond donors (Lipinski definition) is 0. The molecule has 30 heavy (non-hydrogen) atoms. The fourth-order valence-corrected chi connectivity index (χ4v) is 2.97. The Kier molecular flexibility index (Phi) is 8.05. The van der Waals surface area contributed by atoms with Crippen molar-refractivity contribution in [2.75, 3.05) is 19.7 Å². The number of amides is 1. The number of nitrogens with zero attached hydrogens (tertiary/aromatic N) is 3. The molecule has 162 valence electrons. The molecule has 0 aliphatic heterocycles. The van der Waals surface area contributed by atoms with E-state index in [0.717, 1.165) is 11.6 Å². The van der Waals surface area contributed by atoms with E-state index in [-0.39, 0.29) is 11.8 Å². The number of esters is 1. The number of aryl methyl sites for hydroxylation is 1. The van der Waals surface area contributed by atoms with Crippen LogP contribution in [0.2, 0.25) is 5.15 Å². The second kappa shape index (κ2) is 10.3. The molecule has 1 amide bonds. The average molecular weight is 444 g/mol. The quantitative estimate of drug-likeness (QED) is 0.459. The smallest absolute Gasteiger partial charge is 0.406 e. The maximum absolute atomic E-state index is 12.8. The van der Waals surface area contributed by atoms with Crippen molar-refractivity contribution >= 4 is 29.6 Å². The Bertz CT molecular complexity index is 911. The molecule has 0 saturated carbocycles. The summed E-state index contributed by atoms with van der Waals surface area (Å²) in [5, 5.41) is 4.56. The fourth-order valence-electron chi connectivity index (χ4n) is 2.67. The summed E-state index contributed by atoms with van der Waals surface area (Å²) in [5.41, 5.74) is 1.87. The highest BCUT2D eigenvalue weighted by molar-refractivity contribution is 6.31. The van der Waals surface area contributed by atoms with Gasteiger partial charge in [0.15, 0.2) is 0 Å². The van der Waals surface area contributed by atoms with E-state index in [1.54, 1.807) is 6.92 Å². The number of alkyl halides is 3. The lowest BCUT2D eigenvalue weighted by Gasteiger charge is -2.21. The van der Waals surface area contributed by atoms with Crippen molar-refractivity contribution in [1.29, 1.82) is 0 Å². The van der Waals surface area contributed by atoms with Gasteiger partial charge in [-0.3, -0.25) is 9.59 Å². The predicted octanol–water partition coefficient (Wildman–Crippen LogP) is 3.86. The zero-order chi connectivity index (χ0) is 22.3. The van der Waals surface area contributed by atoms with Crippen LogP contribution >= 0.6 is 11.6 Å². The van der Waals surface area contributed by atoms with Gasteiger partial charge in [0.25, 0.3) is 0 Å². The van der Waals surface area contributed by atoms with Crippen LogP contribution in [0.25, 0.3) is 6.08 Å². The minimum Gasteiger partial charge on any atom is -0.465 e.